The SMILES string of the molecule is COc1ccc(SCCCC(=O)N(Cc2cccnc2)c2nc3ccc(F)cc3s2)cc1. The molecule has 2 aromatic heterocycles. The van der Waals surface area contributed by atoms with Crippen LogP contribution in [0.25, 0.3) is 10.2 Å². The summed E-state index contributed by atoms with van der Waals surface area (Å²) >= 11 is 3.03. The van der Waals surface area contributed by atoms with Crippen LogP contribution in [0.4, 0.5) is 9.52 Å². The quantitative estimate of drug-likeness (QED) is 0.225. The maximum Gasteiger partial charge on any atom is 0.229 e. The lowest BCUT2D eigenvalue weighted by Gasteiger charge is -2.20. The Morgan fingerprint density at radius 2 is 2.03 bits per heavy atom. The molecular formula is C24H22FN3O2S2. The predicted molar refractivity (Wildman–Crippen MR) is 128 cm³/mol. The van der Waals surface area contributed by atoms with E-state index in [9.17, 15) is 9.18 Å². The van der Waals surface area contributed by atoms with Crippen molar-refractivity contribution >= 4 is 44.4 Å². The lowest BCUT2D eigenvalue weighted by atomic mass is 10.2. The van der Waals surface area contributed by atoms with Crippen LogP contribution in [0, 0.1) is 5.82 Å². The van der Waals surface area contributed by atoms with Crippen LogP contribution in [-0.2, 0) is 11.3 Å². The molecular weight excluding hydrogens is 445 g/mol. The minimum absolute atomic E-state index is 0.0105. The first-order valence-electron chi connectivity index (χ1n) is 10.1. The number of rotatable bonds is 9. The van der Waals surface area contributed by atoms with Crippen molar-refractivity contribution in [3.8, 4) is 5.75 Å². The zero-order chi connectivity index (χ0) is 22.3. The number of carbonyl (C=O) groups is 1. The third kappa shape index (κ3) is 5.63. The molecule has 8 heteroatoms. The minimum Gasteiger partial charge on any atom is -0.497 e. The number of anilines is 1. The molecule has 0 aliphatic heterocycles. The van der Waals surface area contributed by atoms with Crippen LogP contribution in [0.5, 0.6) is 5.75 Å². The lowest BCUT2D eigenvalue weighted by molar-refractivity contribution is -0.118. The van der Waals surface area contributed by atoms with Gasteiger partial charge in [-0.05, 0) is 66.3 Å². The highest BCUT2D eigenvalue weighted by atomic mass is 32.2. The third-order valence-corrected chi connectivity index (χ3v) is 6.94. The monoisotopic (exact) mass is 467 g/mol. The van der Waals surface area contributed by atoms with E-state index in [-0.39, 0.29) is 11.7 Å². The van der Waals surface area contributed by atoms with Gasteiger partial charge in [0.25, 0.3) is 0 Å². The summed E-state index contributed by atoms with van der Waals surface area (Å²) in [6.45, 7) is 0.376. The number of thioether (sulfide) groups is 1. The van der Waals surface area contributed by atoms with Gasteiger partial charge in [0.1, 0.15) is 11.6 Å². The molecule has 164 valence electrons. The highest BCUT2D eigenvalue weighted by Crippen LogP contribution is 2.31. The summed E-state index contributed by atoms with van der Waals surface area (Å²) < 4.78 is 19.5. The van der Waals surface area contributed by atoms with Crippen LogP contribution >= 0.6 is 23.1 Å². The van der Waals surface area contributed by atoms with Gasteiger partial charge in [-0.2, -0.15) is 0 Å². The molecule has 0 unspecified atom stereocenters. The van der Waals surface area contributed by atoms with Gasteiger partial charge in [-0.3, -0.25) is 14.7 Å². The number of ether oxygens (including phenoxy) is 1. The van der Waals surface area contributed by atoms with Crippen molar-refractivity contribution in [3.05, 3.63) is 78.4 Å². The molecule has 0 spiro atoms. The molecule has 1 amide bonds. The van der Waals surface area contributed by atoms with Gasteiger partial charge in [0.2, 0.25) is 5.91 Å². The van der Waals surface area contributed by atoms with E-state index in [0.717, 1.165) is 33.1 Å². The number of benzene rings is 2. The van der Waals surface area contributed by atoms with Gasteiger partial charge >= 0.3 is 0 Å². The first kappa shape index (κ1) is 22.2. The van der Waals surface area contributed by atoms with Gasteiger partial charge in [-0.1, -0.05) is 17.4 Å². The zero-order valence-electron chi connectivity index (χ0n) is 17.5. The fourth-order valence-electron chi connectivity index (χ4n) is 3.16. The Balaban J connectivity index is 1.44. The number of methoxy groups -OCH3 is 1. The average Bonchev–Trinajstić information content (AvgIpc) is 3.24. The highest BCUT2D eigenvalue weighted by Gasteiger charge is 2.20. The molecule has 32 heavy (non-hydrogen) atoms. The van der Waals surface area contributed by atoms with Crippen LogP contribution in [-0.4, -0.2) is 28.7 Å². The van der Waals surface area contributed by atoms with Gasteiger partial charge in [0, 0.05) is 23.7 Å². The number of hydrogen-bond acceptors (Lipinski definition) is 6. The molecule has 0 N–H and O–H groups in total. The Morgan fingerprint density at radius 1 is 1.19 bits per heavy atom. The summed E-state index contributed by atoms with van der Waals surface area (Å²) in [5.74, 6) is 1.33. The molecule has 0 atom stereocenters. The van der Waals surface area contributed by atoms with Crippen molar-refractivity contribution in [2.45, 2.75) is 24.3 Å². The summed E-state index contributed by atoms with van der Waals surface area (Å²) in [6, 6.07) is 16.1. The summed E-state index contributed by atoms with van der Waals surface area (Å²) in [6.07, 6.45) is 4.58. The molecule has 5 nitrogen and oxygen atoms in total. The van der Waals surface area contributed by atoms with Crippen LogP contribution in [0.15, 0.2) is 71.9 Å². The first-order valence-corrected chi connectivity index (χ1v) is 11.9. The molecule has 0 bridgehead atoms. The molecule has 2 heterocycles. The number of amides is 1. The number of halogens is 1. The Labute approximate surface area is 194 Å². The maximum absolute atomic E-state index is 13.6. The molecule has 0 radical (unpaired) electrons. The Hall–Kier alpha value is -2.97. The van der Waals surface area contributed by atoms with E-state index in [2.05, 4.69) is 9.97 Å². The number of thiazole rings is 1. The molecule has 4 rings (SSSR count). The largest absolute Gasteiger partial charge is 0.497 e. The van der Waals surface area contributed by atoms with E-state index in [4.69, 9.17) is 4.74 Å². The number of carbonyl (C=O) groups excluding carboxylic acids is 1. The lowest BCUT2D eigenvalue weighted by Crippen LogP contribution is -2.30. The van der Waals surface area contributed by atoms with E-state index < -0.39 is 0 Å². The van der Waals surface area contributed by atoms with Gasteiger partial charge in [-0.25, -0.2) is 9.37 Å². The first-order chi connectivity index (χ1) is 15.6. The zero-order valence-corrected chi connectivity index (χ0v) is 19.2. The molecule has 0 aliphatic carbocycles. The average molecular weight is 468 g/mol. The second kappa shape index (κ2) is 10.6. The van der Waals surface area contributed by atoms with Gasteiger partial charge in [0.15, 0.2) is 5.13 Å². The van der Waals surface area contributed by atoms with E-state index >= 15 is 0 Å². The Bertz CT molecular complexity index is 1180. The fraction of sp³-hybridized carbons (Fsp3) is 0.208. The molecule has 4 aromatic rings. The molecule has 0 fully saturated rings. The number of fused-ring (bicyclic) bond motifs is 1. The summed E-state index contributed by atoms with van der Waals surface area (Å²) in [5.41, 5.74) is 1.60. The number of aromatic nitrogens is 2. The Morgan fingerprint density at radius 3 is 2.78 bits per heavy atom. The third-order valence-electron chi connectivity index (χ3n) is 4.80. The van der Waals surface area contributed by atoms with Crippen LogP contribution in [0.2, 0.25) is 0 Å². The summed E-state index contributed by atoms with van der Waals surface area (Å²) in [5, 5.41) is 0.572. The number of hydrogen-bond donors (Lipinski definition) is 0. The molecule has 0 saturated carbocycles. The fourth-order valence-corrected chi connectivity index (χ4v) is 5.02. The number of pyridine rings is 1. The standard InChI is InChI=1S/C24H22FN3O2S2/c1-30-19-7-9-20(10-8-19)31-13-3-5-23(29)28(16-17-4-2-12-26-15-17)24-27-21-11-6-18(25)14-22(21)32-24/h2,4,6-12,14-15H,3,5,13,16H2,1H3. The van der Waals surface area contributed by atoms with Crippen molar-refractivity contribution in [1.82, 2.24) is 9.97 Å². The Kier molecular flexibility index (Phi) is 7.34. The van der Waals surface area contributed by atoms with E-state index in [1.165, 1.54) is 23.5 Å². The van der Waals surface area contributed by atoms with Gasteiger partial charge in [-0.15, -0.1) is 11.8 Å². The van der Waals surface area contributed by atoms with Crippen LogP contribution in [0.3, 0.4) is 0 Å². The highest BCUT2D eigenvalue weighted by molar-refractivity contribution is 7.99. The molecule has 0 saturated heterocycles. The second-order valence-corrected chi connectivity index (χ2v) is 9.25. The van der Waals surface area contributed by atoms with E-state index in [1.807, 2.05) is 36.4 Å². The minimum atomic E-state index is -0.312. The van der Waals surface area contributed by atoms with Gasteiger partial charge in [0.05, 0.1) is 23.9 Å². The summed E-state index contributed by atoms with van der Waals surface area (Å²) in [7, 11) is 1.65. The summed E-state index contributed by atoms with van der Waals surface area (Å²) in [4.78, 5) is 24.7. The van der Waals surface area contributed by atoms with Crippen molar-refractivity contribution in [1.29, 1.82) is 0 Å². The molecule has 0 aliphatic rings. The molecule has 2 aromatic carbocycles. The van der Waals surface area contributed by atoms with Crippen molar-refractivity contribution in [3.63, 3.8) is 0 Å². The second-order valence-electron chi connectivity index (χ2n) is 7.08. The van der Waals surface area contributed by atoms with E-state index in [0.29, 0.717) is 23.6 Å². The van der Waals surface area contributed by atoms with Crippen LogP contribution < -0.4 is 9.64 Å². The van der Waals surface area contributed by atoms with Crippen molar-refractivity contribution in [2.75, 3.05) is 17.8 Å². The number of nitrogens with zero attached hydrogens (tertiary/aromatic N) is 3. The topological polar surface area (TPSA) is 55.3 Å². The normalized spacial score (nSPS) is 10.9. The van der Waals surface area contributed by atoms with Crippen LogP contribution in [0.1, 0.15) is 18.4 Å². The van der Waals surface area contributed by atoms with Crippen molar-refractivity contribution < 1.29 is 13.9 Å². The van der Waals surface area contributed by atoms with Crippen molar-refractivity contribution in [2.24, 2.45) is 0 Å². The van der Waals surface area contributed by atoms with Gasteiger partial charge < -0.3 is 4.74 Å². The smallest absolute Gasteiger partial charge is 0.229 e. The maximum atomic E-state index is 13.6. The predicted octanol–water partition coefficient (Wildman–Crippen LogP) is 5.94. The van der Waals surface area contributed by atoms with E-state index in [1.54, 1.807) is 42.2 Å².